The van der Waals surface area contributed by atoms with Gasteiger partial charge in [-0.3, -0.25) is 0 Å². The lowest BCUT2D eigenvalue weighted by molar-refractivity contribution is 0.621. The van der Waals surface area contributed by atoms with Crippen LogP contribution in [0.25, 0.3) is 11.3 Å². The van der Waals surface area contributed by atoms with Crippen LogP contribution in [0, 0.1) is 5.82 Å². The van der Waals surface area contributed by atoms with E-state index in [0.717, 1.165) is 24.2 Å². The van der Waals surface area contributed by atoms with E-state index >= 15 is 0 Å². The van der Waals surface area contributed by atoms with Gasteiger partial charge in [0.15, 0.2) is 0 Å². The number of halogens is 2. The summed E-state index contributed by atoms with van der Waals surface area (Å²) < 4.78 is 15.5. The highest BCUT2D eigenvalue weighted by Crippen LogP contribution is 2.29. The Morgan fingerprint density at radius 3 is 2.78 bits per heavy atom. The smallest absolute Gasteiger partial charge is 0.137 e. The molecule has 0 aliphatic heterocycles. The molecule has 1 aromatic heterocycles. The first-order chi connectivity index (χ1) is 8.54. The monoisotopic (exact) mass is 311 g/mol. The zero-order valence-electron chi connectivity index (χ0n) is 10.4. The van der Waals surface area contributed by atoms with Gasteiger partial charge in [0.2, 0.25) is 0 Å². The molecule has 0 spiro atoms. The number of nitrogens with zero attached hydrogens (tertiary/aromatic N) is 2. The van der Waals surface area contributed by atoms with Gasteiger partial charge >= 0.3 is 0 Å². The average molecular weight is 312 g/mol. The van der Waals surface area contributed by atoms with Crippen molar-refractivity contribution >= 4 is 21.7 Å². The molecular formula is C13H15BrFN3. The molecule has 0 unspecified atom stereocenters. The van der Waals surface area contributed by atoms with E-state index < -0.39 is 0 Å². The van der Waals surface area contributed by atoms with E-state index in [1.54, 1.807) is 12.1 Å². The quantitative estimate of drug-likeness (QED) is 0.942. The molecule has 0 fully saturated rings. The number of hydrogen-bond donors (Lipinski definition) is 1. The maximum atomic E-state index is 13.2. The van der Waals surface area contributed by atoms with Crippen molar-refractivity contribution in [2.24, 2.45) is 7.05 Å². The Bertz CT molecular complexity index is 578. The second-order valence-electron chi connectivity index (χ2n) is 4.20. The second-order valence-corrected chi connectivity index (χ2v) is 5.05. The summed E-state index contributed by atoms with van der Waals surface area (Å²) >= 11 is 3.17. The highest BCUT2D eigenvalue weighted by atomic mass is 79.9. The molecule has 2 aromatic rings. The fraction of sp³-hybridized carbons (Fsp3) is 0.308. The molecule has 0 aliphatic rings. The third-order valence-corrected chi connectivity index (χ3v) is 3.51. The summed E-state index contributed by atoms with van der Waals surface area (Å²) in [6.07, 6.45) is 1.89. The molecule has 1 heterocycles. The summed E-state index contributed by atoms with van der Waals surface area (Å²) in [5, 5.41) is 0. The normalized spacial score (nSPS) is 10.9. The SMILES string of the molecule is CCCc1nc(-c2ccc(F)c(Br)c2)c(N)n1C. The minimum absolute atomic E-state index is 0.290. The van der Waals surface area contributed by atoms with Gasteiger partial charge in [-0.25, -0.2) is 9.37 Å². The van der Waals surface area contributed by atoms with Crippen LogP contribution in [0.15, 0.2) is 22.7 Å². The molecule has 0 atom stereocenters. The van der Waals surface area contributed by atoms with Gasteiger partial charge in [-0.15, -0.1) is 0 Å². The van der Waals surface area contributed by atoms with Gasteiger partial charge in [-0.1, -0.05) is 6.92 Å². The number of imidazole rings is 1. The Hall–Kier alpha value is -1.36. The van der Waals surface area contributed by atoms with Gasteiger partial charge in [0, 0.05) is 19.0 Å². The summed E-state index contributed by atoms with van der Waals surface area (Å²) in [6, 6.07) is 4.80. The molecule has 0 amide bonds. The molecule has 0 saturated carbocycles. The van der Waals surface area contributed by atoms with Crippen LogP contribution in [0.4, 0.5) is 10.2 Å². The molecule has 0 saturated heterocycles. The van der Waals surface area contributed by atoms with Gasteiger partial charge in [-0.05, 0) is 40.5 Å². The highest BCUT2D eigenvalue weighted by Gasteiger charge is 2.14. The summed E-state index contributed by atoms with van der Waals surface area (Å²) in [6.45, 7) is 2.10. The number of rotatable bonds is 3. The first-order valence-electron chi connectivity index (χ1n) is 5.81. The Morgan fingerprint density at radius 1 is 1.44 bits per heavy atom. The van der Waals surface area contributed by atoms with E-state index in [9.17, 15) is 4.39 Å². The van der Waals surface area contributed by atoms with Crippen molar-refractivity contribution in [3.8, 4) is 11.3 Å². The van der Waals surface area contributed by atoms with Crippen LogP contribution in [0.5, 0.6) is 0 Å². The predicted octanol–water partition coefficient (Wildman–Crippen LogP) is 3.52. The minimum atomic E-state index is -0.290. The molecule has 0 aliphatic carbocycles. The number of hydrogen-bond acceptors (Lipinski definition) is 2. The summed E-state index contributed by atoms with van der Waals surface area (Å²) in [5.41, 5.74) is 7.57. The van der Waals surface area contributed by atoms with Crippen LogP contribution < -0.4 is 5.73 Å². The van der Waals surface area contributed by atoms with Crippen LogP contribution in [0.3, 0.4) is 0 Å². The fourth-order valence-corrected chi connectivity index (χ4v) is 2.24. The summed E-state index contributed by atoms with van der Waals surface area (Å²) in [7, 11) is 1.90. The lowest BCUT2D eigenvalue weighted by Gasteiger charge is -2.02. The van der Waals surface area contributed by atoms with E-state index in [1.807, 2.05) is 11.6 Å². The minimum Gasteiger partial charge on any atom is -0.383 e. The lowest BCUT2D eigenvalue weighted by Crippen LogP contribution is -2.01. The third-order valence-electron chi connectivity index (χ3n) is 2.90. The van der Waals surface area contributed by atoms with Gasteiger partial charge in [0.05, 0.1) is 4.47 Å². The number of benzene rings is 1. The van der Waals surface area contributed by atoms with E-state index in [0.29, 0.717) is 16.0 Å². The number of anilines is 1. The van der Waals surface area contributed by atoms with E-state index in [2.05, 4.69) is 27.8 Å². The van der Waals surface area contributed by atoms with Crippen LogP contribution in [0.2, 0.25) is 0 Å². The van der Waals surface area contributed by atoms with Gasteiger partial charge in [0.25, 0.3) is 0 Å². The molecule has 3 nitrogen and oxygen atoms in total. The first-order valence-corrected chi connectivity index (χ1v) is 6.60. The van der Waals surface area contributed by atoms with Gasteiger partial charge in [0.1, 0.15) is 23.2 Å². The molecule has 2 rings (SSSR count). The molecule has 0 bridgehead atoms. The van der Waals surface area contributed by atoms with E-state index in [1.165, 1.54) is 6.07 Å². The van der Waals surface area contributed by atoms with Crippen molar-refractivity contribution in [1.82, 2.24) is 9.55 Å². The summed E-state index contributed by atoms with van der Waals surface area (Å²) in [4.78, 5) is 4.53. The molecule has 96 valence electrons. The molecule has 5 heteroatoms. The lowest BCUT2D eigenvalue weighted by atomic mass is 10.1. The van der Waals surface area contributed by atoms with Crippen LogP contribution >= 0.6 is 15.9 Å². The number of aryl methyl sites for hydroxylation is 1. The van der Waals surface area contributed by atoms with Crippen molar-refractivity contribution in [3.63, 3.8) is 0 Å². The van der Waals surface area contributed by atoms with Crippen molar-refractivity contribution in [3.05, 3.63) is 34.3 Å². The van der Waals surface area contributed by atoms with Gasteiger partial charge < -0.3 is 10.3 Å². The maximum absolute atomic E-state index is 13.2. The van der Waals surface area contributed by atoms with Crippen LogP contribution in [0.1, 0.15) is 19.2 Å². The highest BCUT2D eigenvalue weighted by molar-refractivity contribution is 9.10. The van der Waals surface area contributed by atoms with E-state index in [4.69, 9.17) is 5.73 Å². The fourth-order valence-electron chi connectivity index (χ4n) is 1.86. The predicted molar refractivity (Wildman–Crippen MR) is 74.7 cm³/mol. The van der Waals surface area contributed by atoms with Crippen molar-refractivity contribution < 1.29 is 4.39 Å². The van der Waals surface area contributed by atoms with Crippen LogP contribution in [-0.2, 0) is 13.5 Å². The maximum Gasteiger partial charge on any atom is 0.137 e. The number of nitrogens with two attached hydrogens (primary N) is 1. The number of nitrogen functional groups attached to an aromatic ring is 1. The second kappa shape index (κ2) is 5.10. The molecule has 18 heavy (non-hydrogen) atoms. The standard InChI is InChI=1S/C13H15BrFN3/c1-3-4-11-17-12(13(16)18(11)2)8-5-6-10(15)9(14)7-8/h5-7H,3-4,16H2,1-2H3. The van der Waals surface area contributed by atoms with Gasteiger partial charge in [-0.2, -0.15) is 0 Å². The Morgan fingerprint density at radius 2 is 2.17 bits per heavy atom. The topological polar surface area (TPSA) is 43.8 Å². The zero-order valence-corrected chi connectivity index (χ0v) is 12.0. The molecular weight excluding hydrogens is 297 g/mol. The third kappa shape index (κ3) is 2.27. The summed E-state index contributed by atoms with van der Waals surface area (Å²) in [5.74, 6) is 1.27. The average Bonchev–Trinajstić information content (AvgIpc) is 2.62. The number of aromatic nitrogens is 2. The first kappa shape index (κ1) is 13.1. The van der Waals surface area contributed by atoms with Crippen molar-refractivity contribution in [2.45, 2.75) is 19.8 Å². The van der Waals surface area contributed by atoms with E-state index in [-0.39, 0.29) is 5.82 Å². The van der Waals surface area contributed by atoms with Crippen molar-refractivity contribution in [2.75, 3.05) is 5.73 Å². The van der Waals surface area contributed by atoms with Crippen LogP contribution in [-0.4, -0.2) is 9.55 Å². The zero-order chi connectivity index (χ0) is 13.3. The Balaban J connectivity index is 2.50. The molecule has 2 N–H and O–H groups in total. The Labute approximate surface area is 114 Å². The molecule has 1 aromatic carbocycles. The Kier molecular flexibility index (Phi) is 3.71. The van der Waals surface area contributed by atoms with Crippen molar-refractivity contribution in [1.29, 1.82) is 0 Å². The molecule has 0 radical (unpaired) electrons. The largest absolute Gasteiger partial charge is 0.383 e.